The topological polar surface area (TPSA) is 56.9 Å². The molecule has 1 aliphatic rings. The quantitative estimate of drug-likeness (QED) is 0.794. The average Bonchev–Trinajstić information content (AvgIpc) is 3.12. The van der Waals surface area contributed by atoms with E-state index in [0.717, 1.165) is 11.4 Å². The number of rotatable bonds is 4. The summed E-state index contributed by atoms with van der Waals surface area (Å²) in [5.74, 6) is -0.118. The smallest absolute Gasteiger partial charge is 0.272 e. The van der Waals surface area contributed by atoms with Crippen molar-refractivity contribution < 1.29 is 4.79 Å². The molecule has 2 aromatic rings. The summed E-state index contributed by atoms with van der Waals surface area (Å²) in [6.45, 7) is 0. The third-order valence-corrected chi connectivity index (χ3v) is 3.69. The van der Waals surface area contributed by atoms with Gasteiger partial charge in [-0.25, -0.2) is 0 Å². The zero-order valence-electron chi connectivity index (χ0n) is 11.4. The lowest BCUT2D eigenvalue weighted by Crippen LogP contribution is -2.15. The van der Waals surface area contributed by atoms with Crippen molar-refractivity contribution in [1.82, 2.24) is 4.98 Å². The molecule has 0 radical (unpaired) electrons. The lowest BCUT2D eigenvalue weighted by Gasteiger charge is -2.14. The van der Waals surface area contributed by atoms with Crippen molar-refractivity contribution in [2.24, 2.45) is 0 Å². The third-order valence-electron chi connectivity index (χ3n) is 3.69. The number of hydrogen-bond acceptors (Lipinski definition) is 2. The second-order valence-corrected chi connectivity index (χ2v) is 5.24. The minimum atomic E-state index is -0.118. The number of anilines is 2. The van der Waals surface area contributed by atoms with Gasteiger partial charge in [0.05, 0.1) is 0 Å². The molecular weight excluding hydrogens is 250 g/mol. The zero-order valence-corrected chi connectivity index (χ0v) is 11.4. The van der Waals surface area contributed by atoms with Gasteiger partial charge in [0.25, 0.3) is 5.91 Å². The molecule has 3 N–H and O–H groups in total. The Morgan fingerprint density at radius 3 is 2.65 bits per heavy atom. The molecule has 1 saturated carbocycles. The second-order valence-electron chi connectivity index (χ2n) is 5.24. The molecule has 0 unspecified atom stereocenters. The molecule has 20 heavy (non-hydrogen) atoms. The van der Waals surface area contributed by atoms with Crippen LogP contribution in [-0.4, -0.2) is 16.9 Å². The summed E-state index contributed by atoms with van der Waals surface area (Å²) in [6, 6.07) is 12.0. The largest absolute Gasteiger partial charge is 0.382 e. The SMILES string of the molecule is O=C(Nc1cccc(NC2CCCC2)c1)c1ccc[nH]1. The first-order valence-corrected chi connectivity index (χ1v) is 7.12. The molecule has 1 amide bonds. The summed E-state index contributed by atoms with van der Waals surface area (Å²) < 4.78 is 0. The van der Waals surface area contributed by atoms with Gasteiger partial charge in [-0.05, 0) is 43.2 Å². The molecule has 4 heteroatoms. The van der Waals surface area contributed by atoms with Crippen LogP contribution in [0.25, 0.3) is 0 Å². The Balaban J connectivity index is 1.66. The highest BCUT2D eigenvalue weighted by molar-refractivity contribution is 6.03. The van der Waals surface area contributed by atoms with Crippen LogP contribution in [-0.2, 0) is 0 Å². The highest BCUT2D eigenvalue weighted by atomic mass is 16.1. The van der Waals surface area contributed by atoms with Crippen LogP contribution in [0.5, 0.6) is 0 Å². The lowest BCUT2D eigenvalue weighted by atomic mass is 10.2. The van der Waals surface area contributed by atoms with Crippen molar-refractivity contribution in [3.05, 3.63) is 48.3 Å². The molecular formula is C16H19N3O. The summed E-state index contributed by atoms with van der Waals surface area (Å²) in [5.41, 5.74) is 2.45. The van der Waals surface area contributed by atoms with Gasteiger partial charge < -0.3 is 15.6 Å². The van der Waals surface area contributed by atoms with Gasteiger partial charge in [0, 0.05) is 23.6 Å². The van der Waals surface area contributed by atoms with E-state index in [0.29, 0.717) is 11.7 Å². The number of amides is 1. The van der Waals surface area contributed by atoms with Crippen LogP contribution in [0.15, 0.2) is 42.6 Å². The normalized spacial score (nSPS) is 15.2. The molecule has 1 aliphatic carbocycles. The van der Waals surface area contributed by atoms with Crippen molar-refractivity contribution in [1.29, 1.82) is 0 Å². The molecule has 1 aromatic heterocycles. The predicted molar refractivity (Wildman–Crippen MR) is 81.1 cm³/mol. The minimum absolute atomic E-state index is 0.118. The van der Waals surface area contributed by atoms with Crippen molar-refractivity contribution >= 4 is 17.3 Å². The molecule has 0 aliphatic heterocycles. The average molecular weight is 269 g/mol. The molecule has 0 atom stereocenters. The van der Waals surface area contributed by atoms with Gasteiger partial charge in [0.1, 0.15) is 5.69 Å². The van der Waals surface area contributed by atoms with Crippen molar-refractivity contribution in [3.63, 3.8) is 0 Å². The van der Waals surface area contributed by atoms with E-state index in [1.165, 1.54) is 25.7 Å². The Morgan fingerprint density at radius 2 is 1.90 bits per heavy atom. The second kappa shape index (κ2) is 5.82. The number of hydrogen-bond donors (Lipinski definition) is 3. The van der Waals surface area contributed by atoms with Gasteiger partial charge in [0.2, 0.25) is 0 Å². The highest BCUT2D eigenvalue weighted by Crippen LogP contribution is 2.23. The first-order chi connectivity index (χ1) is 9.81. The van der Waals surface area contributed by atoms with Crippen LogP contribution >= 0.6 is 0 Å². The van der Waals surface area contributed by atoms with Crippen LogP contribution in [0, 0.1) is 0 Å². The number of carbonyl (C=O) groups excluding carboxylic acids is 1. The van der Waals surface area contributed by atoms with Crippen molar-refractivity contribution in [2.75, 3.05) is 10.6 Å². The predicted octanol–water partition coefficient (Wildman–Crippen LogP) is 3.62. The molecule has 3 rings (SSSR count). The van der Waals surface area contributed by atoms with E-state index in [1.54, 1.807) is 12.3 Å². The van der Waals surface area contributed by atoms with Crippen LogP contribution in [0.3, 0.4) is 0 Å². The summed E-state index contributed by atoms with van der Waals surface area (Å²) >= 11 is 0. The number of nitrogens with one attached hydrogen (secondary N) is 3. The summed E-state index contributed by atoms with van der Waals surface area (Å²) in [4.78, 5) is 14.9. The van der Waals surface area contributed by atoms with E-state index in [-0.39, 0.29) is 5.91 Å². The fourth-order valence-electron chi connectivity index (χ4n) is 2.66. The standard InChI is InChI=1S/C16H19N3O/c20-16(15-9-4-10-17-15)19-14-8-3-7-13(11-14)18-12-5-1-2-6-12/h3-4,7-12,17-18H,1-2,5-6H2,(H,19,20). The molecule has 1 aromatic carbocycles. The fraction of sp³-hybridized carbons (Fsp3) is 0.312. The number of carbonyl (C=O) groups is 1. The van der Waals surface area contributed by atoms with Crippen LogP contribution in [0.2, 0.25) is 0 Å². The molecule has 0 spiro atoms. The van der Waals surface area contributed by atoms with Gasteiger partial charge in [-0.3, -0.25) is 4.79 Å². The van der Waals surface area contributed by atoms with Crippen molar-refractivity contribution in [2.45, 2.75) is 31.7 Å². The third kappa shape index (κ3) is 3.02. The van der Waals surface area contributed by atoms with Gasteiger partial charge >= 0.3 is 0 Å². The minimum Gasteiger partial charge on any atom is -0.382 e. The van der Waals surface area contributed by atoms with E-state index < -0.39 is 0 Å². The number of aromatic nitrogens is 1. The Kier molecular flexibility index (Phi) is 3.72. The monoisotopic (exact) mass is 269 g/mol. The Labute approximate surface area is 118 Å². The summed E-state index contributed by atoms with van der Waals surface area (Å²) in [7, 11) is 0. The zero-order chi connectivity index (χ0) is 13.8. The Bertz CT molecular complexity index is 571. The Morgan fingerprint density at radius 1 is 1.10 bits per heavy atom. The summed E-state index contributed by atoms with van der Waals surface area (Å²) in [6.07, 6.45) is 6.83. The van der Waals surface area contributed by atoms with Crippen molar-refractivity contribution in [3.8, 4) is 0 Å². The Hall–Kier alpha value is -2.23. The van der Waals surface area contributed by atoms with E-state index >= 15 is 0 Å². The van der Waals surface area contributed by atoms with Crippen LogP contribution in [0.1, 0.15) is 36.2 Å². The first-order valence-electron chi connectivity index (χ1n) is 7.12. The van der Waals surface area contributed by atoms with E-state index in [1.807, 2.05) is 30.3 Å². The van der Waals surface area contributed by atoms with Gasteiger partial charge in [-0.15, -0.1) is 0 Å². The van der Waals surface area contributed by atoms with E-state index in [4.69, 9.17) is 0 Å². The number of H-pyrrole nitrogens is 1. The number of aromatic amines is 1. The van der Waals surface area contributed by atoms with Gasteiger partial charge in [-0.1, -0.05) is 18.9 Å². The molecule has 0 saturated heterocycles. The fourth-order valence-corrected chi connectivity index (χ4v) is 2.66. The van der Waals surface area contributed by atoms with Gasteiger partial charge in [0.15, 0.2) is 0 Å². The maximum Gasteiger partial charge on any atom is 0.272 e. The maximum absolute atomic E-state index is 12.0. The van der Waals surface area contributed by atoms with Crippen LogP contribution < -0.4 is 10.6 Å². The molecule has 0 bridgehead atoms. The van der Waals surface area contributed by atoms with Gasteiger partial charge in [-0.2, -0.15) is 0 Å². The number of benzene rings is 1. The molecule has 4 nitrogen and oxygen atoms in total. The first kappa shape index (κ1) is 12.8. The molecule has 1 heterocycles. The van der Waals surface area contributed by atoms with E-state index in [9.17, 15) is 4.79 Å². The maximum atomic E-state index is 12.0. The molecule has 104 valence electrons. The lowest BCUT2D eigenvalue weighted by molar-refractivity contribution is 0.102. The van der Waals surface area contributed by atoms with E-state index in [2.05, 4.69) is 15.6 Å². The van der Waals surface area contributed by atoms with Crippen LogP contribution in [0.4, 0.5) is 11.4 Å². The summed E-state index contributed by atoms with van der Waals surface area (Å²) in [5, 5.41) is 6.43. The molecule has 1 fully saturated rings. The highest BCUT2D eigenvalue weighted by Gasteiger charge is 2.14.